The monoisotopic (exact) mass is 432 g/mol. The molecule has 168 valence electrons. The molecule has 0 atom stereocenters. The van der Waals surface area contributed by atoms with E-state index in [2.05, 4.69) is 5.32 Å². The molecule has 1 N–H and O–H groups in total. The zero-order valence-electron chi connectivity index (χ0n) is 17.7. The summed E-state index contributed by atoms with van der Waals surface area (Å²) in [6, 6.07) is 5.21. The molecule has 2 fully saturated rings. The van der Waals surface area contributed by atoms with Crippen LogP contribution in [0.5, 0.6) is 11.5 Å². The second-order valence-corrected chi connectivity index (χ2v) is 7.71. The number of fused-ring (bicyclic) bond motifs is 1. The van der Waals surface area contributed by atoms with E-state index in [4.69, 9.17) is 14.2 Å². The van der Waals surface area contributed by atoms with Gasteiger partial charge in [0, 0.05) is 44.0 Å². The summed E-state index contributed by atoms with van der Waals surface area (Å²) in [7, 11) is 0. The average molecular weight is 432 g/mol. The van der Waals surface area contributed by atoms with E-state index in [1.54, 1.807) is 33.8 Å². The molecule has 0 radical (unpaired) electrons. The molecule has 1 aromatic rings. The van der Waals surface area contributed by atoms with Crippen LogP contribution in [0.3, 0.4) is 0 Å². The Balaban J connectivity index is 1.26. The Bertz CT molecular complexity index is 839. The number of nitrogens with one attached hydrogen (secondary N) is 1. The van der Waals surface area contributed by atoms with E-state index in [9.17, 15) is 14.4 Å². The molecule has 0 aromatic heterocycles. The van der Waals surface area contributed by atoms with Crippen LogP contribution < -0.4 is 19.7 Å². The zero-order chi connectivity index (χ0) is 21.8. The lowest BCUT2D eigenvalue weighted by Gasteiger charge is -2.31. The van der Waals surface area contributed by atoms with E-state index in [-0.39, 0.29) is 30.6 Å². The van der Waals surface area contributed by atoms with Gasteiger partial charge in [0.15, 0.2) is 11.5 Å². The summed E-state index contributed by atoms with van der Waals surface area (Å²) < 4.78 is 16.1. The summed E-state index contributed by atoms with van der Waals surface area (Å²) in [6.45, 7) is 5.20. The molecule has 0 unspecified atom stereocenters. The van der Waals surface area contributed by atoms with Gasteiger partial charge >= 0.3 is 12.1 Å². The lowest BCUT2D eigenvalue weighted by atomic mass is 10.1. The first-order chi connectivity index (χ1) is 15.0. The minimum Gasteiger partial charge on any atom is -0.486 e. The van der Waals surface area contributed by atoms with Crippen molar-refractivity contribution in [2.24, 2.45) is 0 Å². The maximum absolute atomic E-state index is 12.8. The number of likely N-dealkylation sites (tertiary alicyclic amines) is 1. The van der Waals surface area contributed by atoms with Crippen molar-refractivity contribution in [2.45, 2.75) is 25.8 Å². The SMILES string of the molecule is CCOC(=O)N1CCC(NC(=O)CN2CCN(c3ccc4c(c3)OCCO4)C2=O)CC1. The summed E-state index contributed by atoms with van der Waals surface area (Å²) in [5.74, 6) is 1.11. The van der Waals surface area contributed by atoms with Crippen LogP contribution >= 0.6 is 0 Å². The molecule has 0 saturated carbocycles. The normalized spacial score (nSPS) is 18.9. The maximum Gasteiger partial charge on any atom is 0.409 e. The van der Waals surface area contributed by atoms with Crippen molar-refractivity contribution in [3.8, 4) is 11.5 Å². The number of urea groups is 1. The topological polar surface area (TPSA) is 101 Å². The molecular weight excluding hydrogens is 404 g/mol. The van der Waals surface area contributed by atoms with Crippen molar-refractivity contribution < 1.29 is 28.6 Å². The molecule has 10 nitrogen and oxygen atoms in total. The van der Waals surface area contributed by atoms with Gasteiger partial charge in [-0.25, -0.2) is 9.59 Å². The Morgan fingerprint density at radius 3 is 2.58 bits per heavy atom. The van der Waals surface area contributed by atoms with Crippen molar-refractivity contribution >= 4 is 23.7 Å². The second-order valence-electron chi connectivity index (χ2n) is 7.71. The first kappa shape index (κ1) is 21.1. The predicted molar refractivity (Wildman–Crippen MR) is 112 cm³/mol. The third kappa shape index (κ3) is 4.78. The Kier molecular flexibility index (Phi) is 6.34. The number of piperidine rings is 1. The van der Waals surface area contributed by atoms with Crippen LogP contribution in [0.15, 0.2) is 18.2 Å². The van der Waals surface area contributed by atoms with Crippen LogP contribution in [0.2, 0.25) is 0 Å². The van der Waals surface area contributed by atoms with Gasteiger partial charge in [-0.05, 0) is 31.9 Å². The molecule has 0 bridgehead atoms. The molecule has 4 rings (SSSR count). The highest BCUT2D eigenvalue weighted by atomic mass is 16.6. The van der Waals surface area contributed by atoms with Crippen LogP contribution in [-0.2, 0) is 9.53 Å². The van der Waals surface area contributed by atoms with E-state index in [1.165, 1.54) is 0 Å². The molecular formula is C21H28N4O6. The fourth-order valence-electron chi connectivity index (χ4n) is 4.04. The minimum atomic E-state index is -0.311. The van der Waals surface area contributed by atoms with Crippen molar-refractivity contribution in [1.29, 1.82) is 0 Å². The van der Waals surface area contributed by atoms with Crippen LogP contribution in [0.1, 0.15) is 19.8 Å². The summed E-state index contributed by atoms with van der Waals surface area (Å²) in [5, 5.41) is 2.99. The lowest BCUT2D eigenvalue weighted by Crippen LogP contribution is -2.49. The predicted octanol–water partition coefficient (Wildman–Crippen LogP) is 1.44. The first-order valence-electron chi connectivity index (χ1n) is 10.7. The minimum absolute atomic E-state index is 0.00946. The number of hydrogen-bond donors (Lipinski definition) is 1. The lowest BCUT2D eigenvalue weighted by molar-refractivity contribution is -0.122. The van der Waals surface area contributed by atoms with Crippen LogP contribution in [-0.4, -0.2) is 86.4 Å². The number of ether oxygens (including phenoxy) is 3. The Morgan fingerprint density at radius 2 is 1.84 bits per heavy atom. The van der Waals surface area contributed by atoms with Crippen molar-refractivity contribution in [1.82, 2.24) is 15.1 Å². The molecule has 4 amide bonds. The average Bonchev–Trinajstić information content (AvgIpc) is 3.14. The summed E-state index contributed by atoms with van der Waals surface area (Å²) in [6.07, 6.45) is 1.03. The highest BCUT2D eigenvalue weighted by molar-refractivity contribution is 5.96. The van der Waals surface area contributed by atoms with Gasteiger partial charge in [-0.1, -0.05) is 0 Å². The van der Waals surface area contributed by atoms with Gasteiger partial charge in [0.2, 0.25) is 5.91 Å². The summed E-state index contributed by atoms with van der Waals surface area (Å²) in [5.41, 5.74) is 0.725. The van der Waals surface area contributed by atoms with Crippen molar-refractivity contribution in [2.75, 3.05) is 57.4 Å². The van der Waals surface area contributed by atoms with Gasteiger partial charge in [0.1, 0.15) is 19.8 Å². The smallest absolute Gasteiger partial charge is 0.409 e. The second kappa shape index (κ2) is 9.32. The number of nitrogens with zero attached hydrogens (tertiary/aromatic N) is 3. The number of rotatable bonds is 5. The van der Waals surface area contributed by atoms with E-state index in [0.29, 0.717) is 70.3 Å². The largest absolute Gasteiger partial charge is 0.486 e. The molecule has 3 aliphatic heterocycles. The molecule has 2 saturated heterocycles. The highest BCUT2D eigenvalue weighted by Gasteiger charge is 2.32. The number of carbonyl (C=O) groups is 3. The molecule has 3 heterocycles. The third-order valence-electron chi connectivity index (χ3n) is 5.65. The molecule has 1 aromatic carbocycles. The van der Waals surface area contributed by atoms with Gasteiger partial charge in [0.05, 0.1) is 6.61 Å². The number of amides is 4. The number of anilines is 1. The zero-order valence-corrected chi connectivity index (χ0v) is 17.7. The quantitative estimate of drug-likeness (QED) is 0.756. The van der Waals surface area contributed by atoms with Gasteiger partial charge in [-0.15, -0.1) is 0 Å². The van der Waals surface area contributed by atoms with Gasteiger partial charge in [0.25, 0.3) is 0 Å². The highest BCUT2D eigenvalue weighted by Crippen LogP contribution is 2.35. The van der Waals surface area contributed by atoms with Crippen molar-refractivity contribution in [3.05, 3.63) is 18.2 Å². The molecule has 0 aliphatic carbocycles. The molecule has 31 heavy (non-hydrogen) atoms. The van der Waals surface area contributed by atoms with Crippen LogP contribution in [0.4, 0.5) is 15.3 Å². The van der Waals surface area contributed by atoms with Crippen LogP contribution in [0.25, 0.3) is 0 Å². The fourth-order valence-corrected chi connectivity index (χ4v) is 4.04. The third-order valence-corrected chi connectivity index (χ3v) is 5.65. The van der Waals surface area contributed by atoms with E-state index in [0.717, 1.165) is 5.69 Å². The Labute approximate surface area is 181 Å². The van der Waals surface area contributed by atoms with Crippen molar-refractivity contribution in [3.63, 3.8) is 0 Å². The van der Waals surface area contributed by atoms with Gasteiger partial charge in [-0.3, -0.25) is 9.69 Å². The Morgan fingerprint density at radius 1 is 1.10 bits per heavy atom. The van der Waals surface area contributed by atoms with Gasteiger partial charge < -0.3 is 29.3 Å². The summed E-state index contributed by atoms with van der Waals surface area (Å²) >= 11 is 0. The standard InChI is InChI=1S/C21H28N4O6/c1-2-29-21(28)23-7-5-15(6-8-23)22-19(26)14-24-9-10-25(20(24)27)16-3-4-17-18(13-16)31-12-11-30-17/h3-4,13,15H,2,5-12,14H2,1H3,(H,22,26). The number of hydrogen-bond acceptors (Lipinski definition) is 6. The fraction of sp³-hybridized carbons (Fsp3) is 0.571. The van der Waals surface area contributed by atoms with E-state index < -0.39 is 0 Å². The molecule has 0 spiro atoms. The maximum atomic E-state index is 12.8. The number of benzene rings is 1. The molecule has 3 aliphatic rings. The Hall–Kier alpha value is -3.17. The van der Waals surface area contributed by atoms with Gasteiger partial charge in [-0.2, -0.15) is 0 Å². The van der Waals surface area contributed by atoms with E-state index in [1.807, 2.05) is 6.07 Å². The van der Waals surface area contributed by atoms with Crippen LogP contribution in [0, 0.1) is 0 Å². The summed E-state index contributed by atoms with van der Waals surface area (Å²) in [4.78, 5) is 41.9. The number of carbonyl (C=O) groups excluding carboxylic acids is 3. The molecule has 10 heteroatoms. The van der Waals surface area contributed by atoms with E-state index >= 15 is 0 Å². The first-order valence-corrected chi connectivity index (χ1v) is 10.7.